The minimum atomic E-state index is -0.420. The van der Waals surface area contributed by atoms with Crippen molar-refractivity contribution in [3.05, 3.63) is 23.8 Å². The van der Waals surface area contributed by atoms with Crippen molar-refractivity contribution in [2.75, 3.05) is 34.5 Å². The second-order valence-electron chi connectivity index (χ2n) is 7.87. The van der Waals surface area contributed by atoms with Gasteiger partial charge < -0.3 is 24.4 Å². The molecule has 1 aromatic rings. The van der Waals surface area contributed by atoms with E-state index in [9.17, 15) is 9.59 Å². The van der Waals surface area contributed by atoms with Gasteiger partial charge in [0, 0.05) is 38.1 Å². The second kappa shape index (κ2) is 10.5. The van der Waals surface area contributed by atoms with Crippen LogP contribution in [0.3, 0.4) is 0 Å². The number of benzene rings is 1. The van der Waals surface area contributed by atoms with Gasteiger partial charge in [-0.3, -0.25) is 9.59 Å². The molecular weight excluding hydrogens is 372 g/mol. The van der Waals surface area contributed by atoms with Crippen molar-refractivity contribution in [3.8, 4) is 11.5 Å². The monoisotopic (exact) mass is 406 g/mol. The molecule has 1 aliphatic rings. The molecule has 2 amide bonds. The largest absolute Gasteiger partial charge is 0.493 e. The maximum Gasteiger partial charge on any atom is 0.222 e. The van der Waals surface area contributed by atoms with E-state index in [1.807, 2.05) is 36.9 Å². The lowest BCUT2D eigenvalue weighted by atomic mass is 9.84. The highest BCUT2D eigenvalue weighted by molar-refractivity contribution is 5.80. The van der Waals surface area contributed by atoms with Crippen molar-refractivity contribution in [2.45, 2.75) is 57.5 Å². The molecule has 0 unspecified atom stereocenters. The predicted octanol–water partition coefficient (Wildman–Crippen LogP) is 2.56. The number of carbonyl (C=O) groups excluding carboxylic acids is 2. The highest BCUT2D eigenvalue weighted by Gasteiger charge is 2.38. The van der Waals surface area contributed by atoms with E-state index in [1.54, 1.807) is 21.3 Å². The van der Waals surface area contributed by atoms with Gasteiger partial charge in [-0.25, -0.2) is 0 Å². The molecule has 1 heterocycles. The smallest absolute Gasteiger partial charge is 0.222 e. The number of rotatable bonds is 11. The fourth-order valence-corrected chi connectivity index (χ4v) is 3.91. The standard InChI is InChI=1S/C22H34N2O5/c1-16(2)24(12-13-27-3)21(26)9-11-22(10-8-20(25)23-22)15-17-6-7-18(28-4)19(14-17)29-5/h6-7,14,16H,8-13,15H2,1-5H3,(H,23,25)/t22-/m0/s1. The number of amides is 2. The third-order valence-electron chi connectivity index (χ3n) is 5.52. The van der Waals surface area contributed by atoms with E-state index in [0.717, 1.165) is 5.56 Å². The van der Waals surface area contributed by atoms with Crippen LogP contribution in [0.5, 0.6) is 11.5 Å². The normalized spacial score (nSPS) is 18.6. The Kier molecular flexibility index (Phi) is 8.32. The maximum absolute atomic E-state index is 12.8. The first-order chi connectivity index (χ1) is 13.8. The predicted molar refractivity (Wildman–Crippen MR) is 111 cm³/mol. The zero-order valence-electron chi connectivity index (χ0n) is 18.2. The molecule has 0 spiro atoms. The summed E-state index contributed by atoms with van der Waals surface area (Å²) in [5, 5.41) is 3.14. The number of nitrogens with one attached hydrogen (secondary N) is 1. The average molecular weight is 407 g/mol. The molecule has 162 valence electrons. The molecule has 2 rings (SSSR count). The lowest BCUT2D eigenvalue weighted by Gasteiger charge is -2.32. The first-order valence-corrected chi connectivity index (χ1v) is 10.1. The lowest BCUT2D eigenvalue weighted by molar-refractivity contribution is -0.134. The molecule has 0 bridgehead atoms. The Hall–Kier alpha value is -2.28. The van der Waals surface area contributed by atoms with Crippen LogP contribution in [-0.2, 0) is 20.7 Å². The third-order valence-corrected chi connectivity index (χ3v) is 5.52. The summed E-state index contributed by atoms with van der Waals surface area (Å²) < 4.78 is 15.8. The maximum atomic E-state index is 12.8. The Bertz CT molecular complexity index is 706. The van der Waals surface area contributed by atoms with Crippen molar-refractivity contribution >= 4 is 11.8 Å². The van der Waals surface area contributed by atoms with Crippen molar-refractivity contribution in [2.24, 2.45) is 0 Å². The summed E-state index contributed by atoms with van der Waals surface area (Å²) in [5.41, 5.74) is 0.619. The van der Waals surface area contributed by atoms with Crippen LogP contribution in [0.1, 0.15) is 45.1 Å². The number of ether oxygens (including phenoxy) is 3. The van der Waals surface area contributed by atoms with Gasteiger partial charge >= 0.3 is 0 Å². The first kappa shape index (κ1) is 23.0. The van der Waals surface area contributed by atoms with Gasteiger partial charge in [0.1, 0.15) is 0 Å². The Morgan fingerprint density at radius 3 is 2.48 bits per heavy atom. The van der Waals surface area contributed by atoms with Crippen LogP contribution in [0.15, 0.2) is 18.2 Å². The van der Waals surface area contributed by atoms with Crippen LogP contribution in [0.25, 0.3) is 0 Å². The molecule has 1 N–H and O–H groups in total. The lowest BCUT2D eigenvalue weighted by Crippen LogP contribution is -2.46. The van der Waals surface area contributed by atoms with E-state index in [-0.39, 0.29) is 17.9 Å². The van der Waals surface area contributed by atoms with E-state index in [0.29, 0.717) is 56.8 Å². The van der Waals surface area contributed by atoms with E-state index < -0.39 is 5.54 Å². The number of hydrogen-bond donors (Lipinski definition) is 1. The zero-order chi connectivity index (χ0) is 21.4. The fraction of sp³-hybridized carbons (Fsp3) is 0.636. The molecule has 1 aliphatic heterocycles. The van der Waals surface area contributed by atoms with E-state index in [1.165, 1.54) is 0 Å². The quantitative estimate of drug-likeness (QED) is 0.611. The van der Waals surface area contributed by atoms with Gasteiger partial charge in [-0.1, -0.05) is 6.07 Å². The highest BCUT2D eigenvalue weighted by Crippen LogP contribution is 2.33. The first-order valence-electron chi connectivity index (χ1n) is 10.1. The Morgan fingerprint density at radius 1 is 1.21 bits per heavy atom. The highest BCUT2D eigenvalue weighted by atomic mass is 16.5. The molecule has 0 aromatic heterocycles. The topological polar surface area (TPSA) is 77.1 Å². The Labute approximate surface area is 173 Å². The Morgan fingerprint density at radius 2 is 1.93 bits per heavy atom. The van der Waals surface area contributed by atoms with E-state index >= 15 is 0 Å². The van der Waals surface area contributed by atoms with Crippen molar-refractivity contribution in [1.82, 2.24) is 10.2 Å². The number of carbonyl (C=O) groups is 2. The van der Waals surface area contributed by atoms with Crippen LogP contribution >= 0.6 is 0 Å². The van der Waals surface area contributed by atoms with Crippen LogP contribution in [-0.4, -0.2) is 62.8 Å². The summed E-state index contributed by atoms with van der Waals surface area (Å²) in [7, 11) is 4.84. The molecule has 1 aromatic carbocycles. The molecule has 1 atom stereocenters. The van der Waals surface area contributed by atoms with Crippen molar-refractivity contribution < 1.29 is 23.8 Å². The summed E-state index contributed by atoms with van der Waals surface area (Å²) in [6, 6.07) is 5.90. The molecule has 0 radical (unpaired) electrons. The van der Waals surface area contributed by atoms with E-state index in [4.69, 9.17) is 14.2 Å². The van der Waals surface area contributed by atoms with Gasteiger partial charge in [-0.15, -0.1) is 0 Å². The summed E-state index contributed by atoms with van der Waals surface area (Å²) in [4.78, 5) is 26.7. The van der Waals surface area contributed by atoms with Gasteiger partial charge in [0.05, 0.1) is 20.8 Å². The van der Waals surface area contributed by atoms with Crippen LogP contribution < -0.4 is 14.8 Å². The SMILES string of the molecule is COCCN(C(=O)CC[C@]1(Cc2ccc(OC)c(OC)c2)CCC(=O)N1)C(C)C. The molecule has 7 nitrogen and oxygen atoms in total. The molecule has 1 saturated heterocycles. The molecule has 0 saturated carbocycles. The molecule has 29 heavy (non-hydrogen) atoms. The van der Waals surface area contributed by atoms with Crippen LogP contribution in [0.4, 0.5) is 0 Å². The van der Waals surface area contributed by atoms with Gasteiger partial charge in [0.2, 0.25) is 11.8 Å². The minimum Gasteiger partial charge on any atom is -0.493 e. The summed E-state index contributed by atoms with van der Waals surface area (Å²) in [5.74, 6) is 1.45. The fourth-order valence-electron chi connectivity index (χ4n) is 3.91. The van der Waals surface area contributed by atoms with Gasteiger partial charge in [-0.05, 0) is 50.8 Å². The summed E-state index contributed by atoms with van der Waals surface area (Å²) in [6.45, 7) is 5.09. The molecular formula is C22H34N2O5. The second-order valence-corrected chi connectivity index (χ2v) is 7.87. The van der Waals surface area contributed by atoms with Crippen LogP contribution in [0, 0.1) is 0 Å². The Balaban J connectivity index is 2.12. The minimum absolute atomic E-state index is 0.0398. The molecule has 0 aliphatic carbocycles. The van der Waals surface area contributed by atoms with Gasteiger partial charge in [0.15, 0.2) is 11.5 Å². The van der Waals surface area contributed by atoms with Crippen molar-refractivity contribution in [1.29, 1.82) is 0 Å². The van der Waals surface area contributed by atoms with Gasteiger partial charge in [0.25, 0.3) is 0 Å². The summed E-state index contributed by atoms with van der Waals surface area (Å²) >= 11 is 0. The molecule has 7 heteroatoms. The average Bonchev–Trinajstić information content (AvgIpc) is 3.07. The van der Waals surface area contributed by atoms with E-state index in [2.05, 4.69) is 5.32 Å². The van der Waals surface area contributed by atoms with Gasteiger partial charge in [-0.2, -0.15) is 0 Å². The zero-order valence-corrected chi connectivity index (χ0v) is 18.2. The summed E-state index contributed by atoms with van der Waals surface area (Å²) in [6.07, 6.45) is 2.83. The third kappa shape index (κ3) is 6.10. The van der Waals surface area contributed by atoms with Crippen LogP contribution in [0.2, 0.25) is 0 Å². The number of methoxy groups -OCH3 is 3. The molecule has 1 fully saturated rings. The van der Waals surface area contributed by atoms with Crippen molar-refractivity contribution in [3.63, 3.8) is 0 Å². The number of hydrogen-bond acceptors (Lipinski definition) is 5. The number of nitrogens with zero attached hydrogens (tertiary/aromatic N) is 1.